The maximum Gasteiger partial charge on any atom is 0.245 e. The topological polar surface area (TPSA) is 406 Å². The van der Waals surface area contributed by atoms with Crippen molar-refractivity contribution in [3.8, 4) is 5.75 Å². The van der Waals surface area contributed by atoms with Gasteiger partial charge in [0.05, 0.1) is 25.3 Å². The van der Waals surface area contributed by atoms with E-state index in [9.17, 15) is 63.3 Å². The maximum absolute atomic E-state index is 13.9. The average Bonchev–Trinajstić information content (AvgIpc) is 3.26. The lowest BCUT2D eigenvalue weighted by molar-refractivity contribution is -0.136. The largest absolute Gasteiger partial charge is 0.508 e. The van der Waals surface area contributed by atoms with Gasteiger partial charge in [-0.05, 0) is 49.3 Å². The van der Waals surface area contributed by atoms with Crippen LogP contribution in [0, 0.1) is 11.8 Å². The number of aromatic hydroxyl groups is 1. The molecular formula is C41H65N11O13S2. The van der Waals surface area contributed by atoms with Crippen LogP contribution >= 0.6 is 21.6 Å². The van der Waals surface area contributed by atoms with Crippen molar-refractivity contribution in [2.75, 3.05) is 24.7 Å². The Balaban J connectivity index is 2.49. The Morgan fingerprint density at radius 3 is 1.97 bits per heavy atom. The van der Waals surface area contributed by atoms with Crippen molar-refractivity contribution in [1.29, 1.82) is 0 Å². The van der Waals surface area contributed by atoms with Gasteiger partial charge in [-0.1, -0.05) is 67.8 Å². The molecular weight excluding hydrogens is 919 g/mol. The standard InChI is InChI=1S/C41H65N11O13S2/c1-6-20(4)32-40(64)47-25(11-12-30(43)56)36(60)45-15-31(57)46-29(18-67-66-17-24(42)35(59)48-27(38(62)51-32)14-22-7-9-23(55)10-8-22)39(63)52-33(21(5)54)41(65)49-26(13-19(2)3)37(61)50-28(16-53)34(44)58/h7-10,19-21,24-29,32-33,53-55H,6,11-18,42H2,1-5H3,(H2,43,56)(H2,44,58)(H,45,60)(H,46,57)(H,47,64)(H,48,59)(H,49,65)(H,50,61)(H,51,62)(H,52,63)/t20-,21+,24-,25-,26-,27-,28-,29-,32-,33-/m0/s1. The van der Waals surface area contributed by atoms with E-state index in [1.54, 1.807) is 27.7 Å². The monoisotopic (exact) mass is 983 g/mol. The van der Waals surface area contributed by atoms with Gasteiger partial charge in [-0.25, -0.2) is 0 Å². The summed E-state index contributed by atoms with van der Waals surface area (Å²) in [6.45, 7) is 6.46. The van der Waals surface area contributed by atoms with Crippen LogP contribution in [0.1, 0.15) is 65.9 Å². The van der Waals surface area contributed by atoms with Gasteiger partial charge in [0.15, 0.2) is 0 Å². The molecule has 1 aromatic rings. The van der Waals surface area contributed by atoms with E-state index < -0.39 is 133 Å². The third-order valence-electron chi connectivity index (χ3n) is 10.3. The molecule has 374 valence electrons. The van der Waals surface area contributed by atoms with Crippen LogP contribution in [0.2, 0.25) is 0 Å². The van der Waals surface area contributed by atoms with Crippen LogP contribution in [0.3, 0.4) is 0 Å². The lowest BCUT2D eigenvalue weighted by Gasteiger charge is -2.29. The molecule has 17 N–H and O–H groups in total. The Kier molecular flexibility index (Phi) is 24.4. The second-order valence-electron chi connectivity index (χ2n) is 16.4. The number of nitrogens with two attached hydrogens (primary N) is 3. The molecule has 0 saturated carbocycles. The van der Waals surface area contributed by atoms with Crippen LogP contribution in [-0.2, 0) is 54.4 Å². The van der Waals surface area contributed by atoms with Crippen molar-refractivity contribution in [2.45, 2.75) is 121 Å². The smallest absolute Gasteiger partial charge is 0.245 e. The van der Waals surface area contributed by atoms with Crippen LogP contribution in [0.25, 0.3) is 0 Å². The molecule has 24 nitrogen and oxygen atoms in total. The van der Waals surface area contributed by atoms with Crippen molar-refractivity contribution in [3.05, 3.63) is 29.8 Å². The third kappa shape index (κ3) is 20.0. The third-order valence-corrected chi connectivity index (χ3v) is 12.8. The molecule has 10 atom stereocenters. The molecule has 67 heavy (non-hydrogen) atoms. The summed E-state index contributed by atoms with van der Waals surface area (Å²) in [6.07, 6.45) is -2.00. The van der Waals surface area contributed by atoms with E-state index in [1.807, 2.05) is 0 Å². The molecule has 0 spiro atoms. The van der Waals surface area contributed by atoms with Crippen molar-refractivity contribution in [2.24, 2.45) is 29.0 Å². The van der Waals surface area contributed by atoms with Crippen molar-refractivity contribution >= 4 is 80.7 Å². The van der Waals surface area contributed by atoms with Crippen molar-refractivity contribution < 1.29 is 63.3 Å². The van der Waals surface area contributed by atoms with Gasteiger partial charge in [0, 0.05) is 24.3 Å². The maximum atomic E-state index is 13.9. The number of aliphatic hydroxyl groups excluding tert-OH is 2. The zero-order valence-corrected chi connectivity index (χ0v) is 39.6. The number of primary amides is 2. The molecule has 0 radical (unpaired) electrons. The van der Waals surface area contributed by atoms with Gasteiger partial charge >= 0.3 is 0 Å². The van der Waals surface area contributed by atoms with Gasteiger partial charge in [0.2, 0.25) is 59.1 Å². The molecule has 1 fully saturated rings. The first-order valence-electron chi connectivity index (χ1n) is 21.5. The number of rotatable bonds is 18. The van der Waals surface area contributed by atoms with Crippen LogP contribution in [-0.4, -0.2) is 153 Å². The molecule has 1 heterocycles. The highest BCUT2D eigenvalue weighted by Gasteiger charge is 2.36. The normalized spacial score (nSPS) is 22.7. The fourth-order valence-corrected chi connectivity index (χ4v) is 8.55. The number of phenolic OH excluding ortho intramolecular Hbond substituents is 1. The fraction of sp³-hybridized carbons (Fsp3) is 0.610. The van der Waals surface area contributed by atoms with E-state index in [0.717, 1.165) is 21.6 Å². The lowest BCUT2D eigenvalue weighted by Crippen LogP contribution is -2.61. The molecule has 26 heteroatoms. The van der Waals surface area contributed by atoms with E-state index in [2.05, 4.69) is 42.5 Å². The number of hydrogen-bond donors (Lipinski definition) is 14. The van der Waals surface area contributed by atoms with Crippen molar-refractivity contribution in [1.82, 2.24) is 42.5 Å². The minimum absolute atomic E-state index is 0.0190. The summed E-state index contributed by atoms with van der Waals surface area (Å²) >= 11 is 0. The Morgan fingerprint density at radius 1 is 0.791 bits per heavy atom. The average molecular weight is 984 g/mol. The molecule has 10 amide bonds. The van der Waals surface area contributed by atoms with Crippen LogP contribution in [0.15, 0.2) is 24.3 Å². The summed E-state index contributed by atoms with van der Waals surface area (Å²) in [5, 5.41) is 49.6. The molecule has 0 aromatic heterocycles. The molecule has 2 rings (SSSR count). The second-order valence-corrected chi connectivity index (χ2v) is 19.0. The van der Waals surface area contributed by atoms with Gasteiger partial charge in [-0.15, -0.1) is 0 Å². The molecule has 1 aliphatic heterocycles. The predicted octanol–water partition coefficient (Wildman–Crippen LogP) is -4.62. The van der Waals surface area contributed by atoms with Gasteiger partial charge in [-0.3, -0.25) is 47.9 Å². The van der Waals surface area contributed by atoms with Crippen molar-refractivity contribution in [3.63, 3.8) is 0 Å². The molecule has 0 aliphatic carbocycles. The summed E-state index contributed by atoms with van der Waals surface area (Å²) in [5.74, 6) is -10.2. The molecule has 1 saturated heterocycles. The van der Waals surface area contributed by atoms with Crippen LogP contribution < -0.4 is 59.7 Å². The number of benzene rings is 1. The van der Waals surface area contributed by atoms with E-state index in [-0.39, 0.29) is 48.9 Å². The number of hydrogen-bond acceptors (Lipinski definition) is 16. The number of carbonyl (C=O) groups excluding carboxylic acids is 10. The highest BCUT2D eigenvalue weighted by Crippen LogP contribution is 2.23. The number of phenols is 1. The Morgan fingerprint density at radius 2 is 1.40 bits per heavy atom. The predicted molar refractivity (Wildman–Crippen MR) is 247 cm³/mol. The highest BCUT2D eigenvalue weighted by molar-refractivity contribution is 8.76. The van der Waals surface area contributed by atoms with E-state index in [1.165, 1.54) is 31.2 Å². The van der Waals surface area contributed by atoms with E-state index >= 15 is 0 Å². The van der Waals surface area contributed by atoms with E-state index in [0.29, 0.717) is 12.0 Å². The number of carbonyl (C=O) groups is 10. The Labute approximate surface area is 395 Å². The first kappa shape index (κ1) is 57.4. The summed E-state index contributed by atoms with van der Waals surface area (Å²) in [4.78, 5) is 132. The number of amides is 10. The summed E-state index contributed by atoms with van der Waals surface area (Å²) in [7, 11) is 1.97. The fourth-order valence-electron chi connectivity index (χ4n) is 6.26. The SMILES string of the molecule is CC[C@H](C)[C@@H]1NC(=O)[C@H](Cc2ccc(O)cc2)NC(=O)[C@@H](N)CSSC[C@@H](C(=O)N[C@H](C(=O)N[C@@H](CC(C)C)C(=O)N[C@@H](CO)C(N)=O)[C@@H](C)O)NC(=O)CNC(=O)[C@H](CCC(N)=O)NC1=O. The van der Waals surface area contributed by atoms with Gasteiger partial charge in [0.25, 0.3) is 0 Å². The number of aliphatic hydroxyl groups is 2. The quantitative estimate of drug-likeness (QED) is 0.0616. The molecule has 1 aliphatic rings. The van der Waals surface area contributed by atoms with Gasteiger partial charge in [-0.2, -0.15) is 0 Å². The second kappa shape index (κ2) is 28.5. The van der Waals surface area contributed by atoms with Crippen LogP contribution in [0.5, 0.6) is 5.75 Å². The minimum Gasteiger partial charge on any atom is -0.508 e. The van der Waals surface area contributed by atoms with E-state index in [4.69, 9.17) is 17.2 Å². The Hall–Kier alpha value is -5.70. The first-order valence-corrected chi connectivity index (χ1v) is 24.0. The lowest BCUT2D eigenvalue weighted by atomic mass is 9.96. The summed E-state index contributed by atoms with van der Waals surface area (Å²) in [6, 6.07) is -5.47. The summed E-state index contributed by atoms with van der Waals surface area (Å²) in [5.41, 5.74) is 17.3. The van der Waals surface area contributed by atoms with Crippen LogP contribution in [0.4, 0.5) is 0 Å². The van der Waals surface area contributed by atoms with Gasteiger partial charge in [0.1, 0.15) is 48.0 Å². The number of nitrogens with one attached hydrogen (secondary N) is 8. The Bertz CT molecular complexity index is 1910. The minimum atomic E-state index is -1.73. The first-order chi connectivity index (χ1) is 31.5. The highest BCUT2D eigenvalue weighted by atomic mass is 33.1. The van der Waals surface area contributed by atoms with Gasteiger partial charge < -0.3 is 75.1 Å². The zero-order valence-electron chi connectivity index (χ0n) is 38.0. The molecule has 1 aromatic carbocycles. The summed E-state index contributed by atoms with van der Waals surface area (Å²) < 4.78 is 0. The zero-order chi connectivity index (χ0) is 50.5. The molecule has 0 bridgehead atoms. The molecule has 0 unspecified atom stereocenters.